The lowest BCUT2D eigenvalue weighted by Gasteiger charge is -2.43. The minimum Gasteiger partial charge on any atom is -0.374 e. The molecule has 1 atom stereocenters. The zero-order valence-electron chi connectivity index (χ0n) is 11.6. The maximum absolute atomic E-state index is 5.85. The van der Waals surface area contributed by atoms with Crippen LogP contribution in [0.1, 0.15) is 54.9 Å². The van der Waals surface area contributed by atoms with Gasteiger partial charge in [-0.3, -0.25) is 0 Å². The van der Waals surface area contributed by atoms with Gasteiger partial charge in [0.25, 0.3) is 0 Å². The number of nitrogens with one attached hydrogen (secondary N) is 1. The maximum Gasteiger partial charge on any atom is 0.0783 e. The summed E-state index contributed by atoms with van der Waals surface area (Å²) in [5, 5.41) is 3.61. The highest BCUT2D eigenvalue weighted by molar-refractivity contribution is 4.93. The second kappa shape index (κ2) is 5.86. The molecule has 92 valence electrons. The Morgan fingerprint density at radius 1 is 1.07 bits per heavy atom. The summed E-state index contributed by atoms with van der Waals surface area (Å²) in [7, 11) is 0. The minimum atomic E-state index is -0.109. The highest BCUT2D eigenvalue weighted by Gasteiger charge is 2.38. The molecule has 0 aromatic heterocycles. The monoisotopic (exact) mass is 215 g/mol. The lowest BCUT2D eigenvalue weighted by molar-refractivity contribution is -0.0652. The summed E-state index contributed by atoms with van der Waals surface area (Å²) < 4.78 is 5.85. The molecule has 2 nitrogen and oxygen atoms in total. The molecule has 2 heteroatoms. The molecular formula is C13H29NO. The van der Waals surface area contributed by atoms with Crippen LogP contribution in [-0.4, -0.2) is 24.8 Å². The molecule has 0 radical (unpaired) electrons. The third-order valence-electron chi connectivity index (χ3n) is 2.68. The highest BCUT2D eigenvalue weighted by Crippen LogP contribution is 2.30. The topological polar surface area (TPSA) is 21.3 Å². The van der Waals surface area contributed by atoms with Crippen LogP contribution in [0.2, 0.25) is 0 Å². The zero-order valence-corrected chi connectivity index (χ0v) is 11.6. The van der Waals surface area contributed by atoms with Gasteiger partial charge in [0.2, 0.25) is 0 Å². The summed E-state index contributed by atoms with van der Waals surface area (Å²) in [6, 6.07) is 0.380. The van der Waals surface area contributed by atoms with Crippen LogP contribution in [-0.2, 0) is 4.74 Å². The third-order valence-corrected chi connectivity index (χ3v) is 2.68. The van der Waals surface area contributed by atoms with Gasteiger partial charge in [-0.25, -0.2) is 0 Å². The SMILES string of the molecule is CCCNC(C(C)(C)C)C(C)(C)OCC. The first kappa shape index (κ1) is 14.9. The number of hydrogen-bond acceptors (Lipinski definition) is 2. The van der Waals surface area contributed by atoms with Gasteiger partial charge in [0.05, 0.1) is 5.60 Å². The fraction of sp³-hybridized carbons (Fsp3) is 1.00. The van der Waals surface area contributed by atoms with Gasteiger partial charge in [0.15, 0.2) is 0 Å². The molecule has 0 aliphatic heterocycles. The molecule has 15 heavy (non-hydrogen) atoms. The van der Waals surface area contributed by atoms with Crippen molar-refractivity contribution >= 4 is 0 Å². The normalized spacial score (nSPS) is 15.4. The molecule has 0 aliphatic rings. The summed E-state index contributed by atoms with van der Waals surface area (Å²) in [6.07, 6.45) is 1.16. The number of hydrogen-bond donors (Lipinski definition) is 1. The first-order valence-electron chi connectivity index (χ1n) is 6.13. The Hall–Kier alpha value is -0.0800. The van der Waals surface area contributed by atoms with Crippen molar-refractivity contribution in [2.45, 2.75) is 66.5 Å². The molecule has 0 amide bonds. The van der Waals surface area contributed by atoms with Crippen LogP contribution in [0, 0.1) is 5.41 Å². The van der Waals surface area contributed by atoms with Crippen molar-refractivity contribution in [1.29, 1.82) is 0 Å². The Morgan fingerprint density at radius 2 is 1.60 bits per heavy atom. The lowest BCUT2D eigenvalue weighted by Crippen LogP contribution is -2.55. The molecule has 0 heterocycles. The van der Waals surface area contributed by atoms with Gasteiger partial charge in [-0.1, -0.05) is 27.7 Å². The fourth-order valence-electron chi connectivity index (χ4n) is 2.34. The van der Waals surface area contributed by atoms with E-state index < -0.39 is 0 Å². The van der Waals surface area contributed by atoms with Gasteiger partial charge < -0.3 is 10.1 Å². The maximum atomic E-state index is 5.85. The Morgan fingerprint density at radius 3 is 1.93 bits per heavy atom. The van der Waals surface area contributed by atoms with Crippen LogP contribution in [0.4, 0.5) is 0 Å². The molecule has 1 N–H and O–H groups in total. The van der Waals surface area contributed by atoms with Gasteiger partial charge >= 0.3 is 0 Å². The standard InChI is InChI=1S/C13H29NO/c1-8-10-14-11(12(3,4)5)13(6,7)15-9-2/h11,14H,8-10H2,1-7H3. The molecule has 0 rings (SSSR count). The smallest absolute Gasteiger partial charge is 0.0783 e. The Kier molecular flexibility index (Phi) is 5.82. The largest absolute Gasteiger partial charge is 0.374 e. The van der Waals surface area contributed by atoms with E-state index in [9.17, 15) is 0 Å². The third kappa shape index (κ3) is 4.98. The van der Waals surface area contributed by atoms with Crippen molar-refractivity contribution in [2.75, 3.05) is 13.2 Å². The summed E-state index contributed by atoms with van der Waals surface area (Å²) in [4.78, 5) is 0. The van der Waals surface area contributed by atoms with E-state index in [-0.39, 0.29) is 11.0 Å². The van der Waals surface area contributed by atoms with Gasteiger partial charge in [-0.2, -0.15) is 0 Å². The Bertz CT molecular complexity index is 170. The van der Waals surface area contributed by atoms with Crippen LogP contribution in [0.15, 0.2) is 0 Å². The molecule has 0 aromatic carbocycles. The number of ether oxygens (including phenoxy) is 1. The van der Waals surface area contributed by atoms with Gasteiger partial charge in [0, 0.05) is 12.6 Å². The van der Waals surface area contributed by atoms with E-state index in [0.717, 1.165) is 19.6 Å². The van der Waals surface area contributed by atoms with Crippen LogP contribution in [0.3, 0.4) is 0 Å². The zero-order chi connectivity index (χ0) is 12.1. The molecule has 0 bridgehead atoms. The van der Waals surface area contributed by atoms with E-state index in [1.165, 1.54) is 0 Å². The summed E-state index contributed by atoms with van der Waals surface area (Å²) in [6.45, 7) is 17.2. The molecule has 0 spiro atoms. The van der Waals surface area contributed by atoms with E-state index in [1.807, 2.05) is 0 Å². The van der Waals surface area contributed by atoms with Crippen LogP contribution in [0.25, 0.3) is 0 Å². The van der Waals surface area contributed by atoms with Gasteiger partial charge in [0.1, 0.15) is 0 Å². The van der Waals surface area contributed by atoms with Crippen molar-refractivity contribution in [3.63, 3.8) is 0 Å². The van der Waals surface area contributed by atoms with Crippen molar-refractivity contribution in [2.24, 2.45) is 5.41 Å². The summed E-state index contributed by atoms with van der Waals surface area (Å²) >= 11 is 0. The first-order chi connectivity index (χ1) is 6.75. The van der Waals surface area contributed by atoms with Crippen molar-refractivity contribution < 1.29 is 4.74 Å². The van der Waals surface area contributed by atoms with Crippen molar-refractivity contribution in [1.82, 2.24) is 5.32 Å². The second-order valence-corrected chi connectivity index (χ2v) is 5.79. The molecule has 0 fully saturated rings. The molecular weight excluding hydrogens is 186 g/mol. The molecule has 0 aromatic rings. The number of rotatable bonds is 6. The van der Waals surface area contributed by atoms with Crippen LogP contribution < -0.4 is 5.32 Å². The van der Waals surface area contributed by atoms with E-state index in [0.29, 0.717) is 6.04 Å². The fourth-order valence-corrected chi connectivity index (χ4v) is 2.34. The van der Waals surface area contributed by atoms with E-state index in [1.54, 1.807) is 0 Å². The first-order valence-corrected chi connectivity index (χ1v) is 6.13. The van der Waals surface area contributed by atoms with E-state index in [4.69, 9.17) is 4.74 Å². The van der Waals surface area contributed by atoms with E-state index >= 15 is 0 Å². The van der Waals surface area contributed by atoms with Gasteiger partial charge in [-0.15, -0.1) is 0 Å². The Balaban J connectivity index is 4.61. The lowest BCUT2D eigenvalue weighted by atomic mass is 9.77. The summed E-state index contributed by atoms with van der Waals surface area (Å²) in [5.41, 5.74) is 0.107. The average Bonchev–Trinajstić information content (AvgIpc) is 2.01. The van der Waals surface area contributed by atoms with Crippen molar-refractivity contribution in [3.8, 4) is 0 Å². The summed E-state index contributed by atoms with van der Waals surface area (Å²) in [5.74, 6) is 0. The molecule has 0 saturated heterocycles. The van der Waals surface area contributed by atoms with Crippen molar-refractivity contribution in [3.05, 3.63) is 0 Å². The van der Waals surface area contributed by atoms with E-state index in [2.05, 4.69) is 53.8 Å². The highest BCUT2D eigenvalue weighted by atomic mass is 16.5. The van der Waals surface area contributed by atoms with Crippen LogP contribution in [0.5, 0.6) is 0 Å². The Labute approximate surface area is 95.8 Å². The minimum absolute atomic E-state index is 0.109. The molecule has 0 saturated carbocycles. The quantitative estimate of drug-likeness (QED) is 0.734. The average molecular weight is 215 g/mol. The molecule has 0 aliphatic carbocycles. The van der Waals surface area contributed by atoms with Crippen LogP contribution >= 0.6 is 0 Å². The predicted molar refractivity (Wildman–Crippen MR) is 67.2 cm³/mol. The second-order valence-electron chi connectivity index (χ2n) is 5.79. The molecule has 1 unspecified atom stereocenters. The predicted octanol–water partition coefficient (Wildman–Crippen LogP) is 3.22. The van der Waals surface area contributed by atoms with Gasteiger partial charge in [-0.05, 0) is 39.2 Å².